The normalized spacial score (nSPS) is 15.4. The minimum Gasteiger partial charge on any atom is -0.484 e. The number of ether oxygens (including phenoxy) is 1. The van der Waals surface area contributed by atoms with Crippen LogP contribution in [0.2, 0.25) is 0 Å². The molecule has 22 heavy (non-hydrogen) atoms. The second-order valence-electron chi connectivity index (χ2n) is 5.69. The van der Waals surface area contributed by atoms with E-state index in [4.69, 9.17) is 10.00 Å². The third-order valence-electron chi connectivity index (χ3n) is 3.95. The summed E-state index contributed by atoms with van der Waals surface area (Å²) in [4.78, 5) is 16.3. The van der Waals surface area contributed by atoms with E-state index >= 15 is 0 Å². The van der Waals surface area contributed by atoms with Crippen LogP contribution in [0, 0.1) is 25.2 Å². The van der Waals surface area contributed by atoms with Gasteiger partial charge in [0.15, 0.2) is 6.61 Å². The summed E-state index contributed by atoms with van der Waals surface area (Å²) < 4.78 is 5.65. The maximum absolute atomic E-state index is 12.2. The van der Waals surface area contributed by atoms with Gasteiger partial charge in [-0.15, -0.1) is 0 Å². The van der Waals surface area contributed by atoms with Crippen LogP contribution in [-0.4, -0.2) is 55.0 Å². The Labute approximate surface area is 132 Å². The lowest BCUT2D eigenvalue weighted by Crippen LogP contribution is -2.50. The van der Waals surface area contributed by atoms with Crippen LogP contribution in [-0.2, 0) is 4.79 Å². The van der Waals surface area contributed by atoms with E-state index in [2.05, 4.69) is 11.0 Å². The van der Waals surface area contributed by atoms with Crippen LogP contribution in [0.1, 0.15) is 17.5 Å². The first-order chi connectivity index (χ1) is 10.6. The van der Waals surface area contributed by atoms with Crippen LogP contribution in [0.3, 0.4) is 0 Å². The van der Waals surface area contributed by atoms with E-state index in [1.165, 1.54) is 5.56 Å². The molecule has 1 aliphatic rings. The van der Waals surface area contributed by atoms with Crippen LogP contribution in [0.25, 0.3) is 0 Å². The summed E-state index contributed by atoms with van der Waals surface area (Å²) in [5.41, 5.74) is 2.23. The second kappa shape index (κ2) is 7.81. The monoisotopic (exact) mass is 301 g/mol. The molecule has 5 nitrogen and oxygen atoms in total. The molecular formula is C17H23N3O2. The fraction of sp³-hybridized carbons (Fsp3) is 0.529. The second-order valence-corrected chi connectivity index (χ2v) is 5.69. The molecule has 118 valence electrons. The first-order valence-electron chi connectivity index (χ1n) is 7.67. The number of benzene rings is 1. The van der Waals surface area contributed by atoms with Crippen LogP contribution in [0.4, 0.5) is 0 Å². The molecule has 1 saturated heterocycles. The highest BCUT2D eigenvalue weighted by molar-refractivity contribution is 5.78. The molecule has 0 bridgehead atoms. The lowest BCUT2D eigenvalue weighted by molar-refractivity contribution is -0.135. The van der Waals surface area contributed by atoms with Crippen molar-refractivity contribution in [2.24, 2.45) is 0 Å². The predicted molar refractivity (Wildman–Crippen MR) is 84.7 cm³/mol. The molecule has 1 aromatic carbocycles. The van der Waals surface area contributed by atoms with Crippen molar-refractivity contribution in [3.63, 3.8) is 0 Å². The van der Waals surface area contributed by atoms with Gasteiger partial charge < -0.3 is 9.64 Å². The molecule has 0 spiro atoms. The Morgan fingerprint density at radius 2 is 2.00 bits per heavy atom. The van der Waals surface area contributed by atoms with E-state index in [1.54, 1.807) is 0 Å². The van der Waals surface area contributed by atoms with Crippen molar-refractivity contribution < 1.29 is 9.53 Å². The zero-order chi connectivity index (χ0) is 15.9. The van der Waals surface area contributed by atoms with Crippen LogP contribution in [0.15, 0.2) is 18.2 Å². The van der Waals surface area contributed by atoms with Crippen LogP contribution < -0.4 is 4.74 Å². The number of rotatable bonds is 5. The van der Waals surface area contributed by atoms with Crippen molar-refractivity contribution in [1.82, 2.24) is 9.80 Å². The van der Waals surface area contributed by atoms with Gasteiger partial charge in [0.2, 0.25) is 0 Å². The summed E-state index contributed by atoms with van der Waals surface area (Å²) >= 11 is 0. The van der Waals surface area contributed by atoms with Gasteiger partial charge in [-0.3, -0.25) is 9.69 Å². The summed E-state index contributed by atoms with van der Waals surface area (Å²) in [6.45, 7) is 7.98. The molecule has 1 fully saturated rings. The Morgan fingerprint density at radius 3 is 2.64 bits per heavy atom. The Bertz CT molecular complexity index is 558. The Hall–Kier alpha value is -2.06. The summed E-state index contributed by atoms with van der Waals surface area (Å²) in [6, 6.07) is 8.11. The van der Waals surface area contributed by atoms with E-state index in [9.17, 15) is 4.79 Å². The first-order valence-corrected chi connectivity index (χ1v) is 7.67. The maximum atomic E-state index is 12.2. The average Bonchev–Trinajstić information content (AvgIpc) is 2.52. The standard InChI is InChI=1S/C17H23N3O2/c1-14-4-5-16(15(2)12-14)22-13-17(21)20-10-8-19(9-11-20)7-3-6-18/h4-5,12H,3,7-11,13H2,1-2H3. The van der Waals surface area contributed by atoms with E-state index in [0.717, 1.165) is 30.9 Å². The highest BCUT2D eigenvalue weighted by Crippen LogP contribution is 2.18. The predicted octanol–water partition coefficient (Wildman–Crippen LogP) is 1.74. The molecular weight excluding hydrogens is 278 g/mol. The van der Waals surface area contributed by atoms with Crippen molar-refractivity contribution in [3.8, 4) is 11.8 Å². The lowest BCUT2D eigenvalue weighted by Gasteiger charge is -2.34. The van der Waals surface area contributed by atoms with E-state index in [-0.39, 0.29) is 12.5 Å². The largest absolute Gasteiger partial charge is 0.484 e. The number of nitrogens with zero attached hydrogens (tertiary/aromatic N) is 3. The van der Waals surface area contributed by atoms with Crippen LogP contribution >= 0.6 is 0 Å². The van der Waals surface area contributed by atoms with Gasteiger partial charge in [-0.25, -0.2) is 0 Å². The van der Waals surface area contributed by atoms with E-state index in [1.807, 2.05) is 36.9 Å². The number of carbonyl (C=O) groups excluding carboxylic acids is 1. The third kappa shape index (κ3) is 4.47. The van der Waals surface area contributed by atoms with E-state index < -0.39 is 0 Å². The van der Waals surface area contributed by atoms with E-state index in [0.29, 0.717) is 19.5 Å². The molecule has 2 rings (SSSR count). The number of hydrogen-bond donors (Lipinski definition) is 0. The maximum Gasteiger partial charge on any atom is 0.260 e. The SMILES string of the molecule is Cc1ccc(OCC(=O)N2CCN(CCC#N)CC2)c(C)c1. The highest BCUT2D eigenvalue weighted by atomic mass is 16.5. The molecule has 1 amide bonds. The zero-order valence-electron chi connectivity index (χ0n) is 13.3. The fourth-order valence-electron chi connectivity index (χ4n) is 2.62. The van der Waals surface area contributed by atoms with Gasteiger partial charge in [0.1, 0.15) is 5.75 Å². The summed E-state index contributed by atoms with van der Waals surface area (Å²) in [5.74, 6) is 0.798. The molecule has 0 aromatic heterocycles. The number of carbonyl (C=O) groups is 1. The molecule has 0 atom stereocenters. The molecule has 1 aromatic rings. The molecule has 1 aliphatic heterocycles. The Kier molecular flexibility index (Phi) is 5.79. The van der Waals surface area contributed by atoms with Crippen molar-refractivity contribution in [2.75, 3.05) is 39.3 Å². The van der Waals surface area contributed by atoms with Gasteiger partial charge in [-0.1, -0.05) is 17.7 Å². The van der Waals surface area contributed by atoms with Gasteiger partial charge in [0.25, 0.3) is 5.91 Å². The van der Waals surface area contributed by atoms with Crippen molar-refractivity contribution in [3.05, 3.63) is 29.3 Å². The highest BCUT2D eigenvalue weighted by Gasteiger charge is 2.21. The molecule has 0 N–H and O–H groups in total. The minimum atomic E-state index is 0.0277. The van der Waals surface area contributed by atoms with Crippen LogP contribution in [0.5, 0.6) is 5.75 Å². The number of hydrogen-bond acceptors (Lipinski definition) is 4. The summed E-state index contributed by atoms with van der Waals surface area (Å²) in [7, 11) is 0. The van der Waals surface area contributed by atoms with Gasteiger partial charge in [0.05, 0.1) is 6.07 Å². The molecule has 5 heteroatoms. The lowest BCUT2D eigenvalue weighted by atomic mass is 10.1. The summed E-state index contributed by atoms with van der Waals surface area (Å²) in [5, 5.41) is 8.60. The van der Waals surface area contributed by atoms with Gasteiger partial charge in [-0.05, 0) is 25.5 Å². The number of piperazine rings is 1. The zero-order valence-corrected chi connectivity index (χ0v) is 13.3. The Balaban J connectivity index is 1.78. The molecule has 0 unspecified atom stereocenters. The summed E-state index contributed by atoms with van der Waals surface area (Å²) in [6.07, 6.45) is 0.545. The van der Waals surface area contributed by atoms with Crippen molar-refractivity contribution in [1.29, 1.82) is 5.26 Å². The van der Waals surface area contributed by atoms with Gasteiger partial charge in [-0.2, -0.15) is 5.26 Å². The number of aryl methyl sites for hydroxylation is 2. The molecule has 0 radical (unpaired) electrons. The number of nitriles is 1. The van der Waals surface area contributed by atoms with Gasteiger partial charge in [0, 0.05) is 39.1 Å². The van der Waals surface area contributed by atoms with Gasteiger partial charge >= 0.3 is 0 Å². The molecule has 0 aliphatic carbocycles. The third-order valence-corrected chi connectivity index (χ3v) is 3.95. The fourth-order valence-corrected chi connectivity index (χ4v) is 2.62. The topological polar surface area (TPSA) is 56.6 Å². The smallest absolute Gasteiger partial charge is 0.260 e. The average molecular weight is 301 g/mol. The number of amides is 1. The Morgan fingerprint density at radius 1 is 1.27 bits per heavy atom. The minimum absolute atomic E-state index is 0.0277. The van der Waals surface area contributed by atoms with Crippen molar-refractivity contribution in [2.45, 2.75) is 20.3 Å². The first kappa shape index (κ1) is 16.3. The van der Waals surface area contributed by atoms with Crippen molar-refractivity contribution >= 4 is 5.91 Å². The molecule has 0 saturated carbocycles. The quantitative estimate of drug-likeness (QED) is 0.831. The molecule has 1 heterocycles.